The van der Waals surface area contributed by atoms with Crippen LogP contribution < -0.4 is 0 Å². The van der Waals surface area contributed by atoms with Gasteiger partial charge in [-0.15, -0.1) is 0 Å². The Morgan fingerprint density at radius 3 is 3.05 bits per heavy atom. The van der Waals surface area contributed by atoms with Crippen molar-refractivity contribution in [3.63, 3.8) is 0 Å². The standard InChI is InChI=1S/C14H21N3O3/c1-3-12-15-13(16-20-12)10-6-5-7-17(10)14(18)9-8-11(9)19-4-2/h9-11H,3-8H2,1-2H3/t9-,10+,11+/m0/s1. The number of likely N-dealkylation sites (tertiary alicyclic amines) is 1. The van der Waals surface area contributed by atoms with Crippen molar-refractivity contribution in [1.29, 1.82) is 0 Å². The Bertz CT molecular complexity index is 488. The topological polar surface area (TPSA) is 68.5 Å². The Morgan fingerprint density at radius 1 is 1.50 bits per heavy atom. The summed E-state index contributed by atoms with van der Waals surface area (Å²) in [6, 6.07) is -0.0190. The van der Waals surface area contributed by atoms with Crippen LogP contribution in [0.15, 0.2) is 4.52 Å². The molecule has 1 aliphatic heterocycles. The fourth-order valence-electron chi connectivity index (χ4n) is 2.89. The van der Waals surface area contributed by atoms with E-state index in [-0.39, 0.29) is 24.0 Å². The van der Waals surface area contributed by atoms with Crippen molar-refractivity contribution in [2.24, 2.45) is 5.92 Å². The molecule has 2 heterocycles. The van der Waals surface area contributed by atoms with Crippen molar-refractivity contribution < 1.29 is 14.1 Å². The third-order valence-corrected chi connectivity index (χ3v) is 4.05. The molecule has 6 heteroatoms. The van der Waals surface area contributed by atoms with Gasteiger partial charge in [0.2, 0.25) is 11.8 Å². The Hall–Kier alpha value is -1.43. The molecule has 0 aromatic carbocycles. The van der Waals surface area contributed by atoms with Crippen LogP contribution >= 0.6 is 0 Å². The molecular formula is C14H21N3O3. The highest BCUT2D eigenvalue weighted by molar-refractivity contribution is 5.82. The van der Waals surface area contributed by atoms with Crippen LogP contribution in [0.25, 0.3) is 0 Å². The van der Waals surface area contributed by atoms with Crippen LogP contribution in [-0.4, -0.2) is 40.2 Å². The normalized spacial score (nSPS) is 28.9. The van der Waals surface area contributed by atoms with Gasteiger partial charge >= 0.3 is 0 Å². The van der Waals surface area contributed by atoms with Crippen LogP contribution in [0.2, 0.25) is 0 Å². The van der Waals surface area contributed by atoms with Crippen molar-refractivity contribution in [1.82, 2.24) is 15.0 Å². The van der Waals surface area contributed by atoms with Gasteiger partial charge in [-0.3, -0.25) is 4.79 Å². The molecule has 0 N–H and O–H groups in total. The van der Waals surface area contributed by atoms with Gasteiger partial charge in [-0.05, 0) is 26.2 Å². The number of hydrogen-bond acceptors (Lipinski definition) is 5. The first kappa shape index (κ1) is 13.5. The summed E-state index contributed by atoms with van der Waals surface area (Å²) in [5.41, 5.74) is 0. The number of carbonyl (C=O) groups is 1. The number of amides is 1. The Balaban J connectivity index is 1.68. The van der Waals surface area contributed by atoms with Gasteiger partial charge in [-0.2, -0.15) is 4.98 Å². The first-order valence-electron chi connectivity index (χ1n) is 7.49. The number of ether oxygens (including phenoxy) is 1. The number of hydrogen-bond donors (Lipinski definition) is 0. The minimum atomic E-state index is -0.0190. The van der Waals surface area contributed by atoms with E-state index in [0.29, 0.717) is 18.3 Å². The van der Waals surface area contributed by atoms with Crippen LogP contribution in [-0.2, 0) is 16.0 Å². The molecule has 0 radical (unpaired) electrons. The lowest BCUT2D eigenvalue weighted by atomic mass is 10.2. The van der Waals surface area contributed by atoms with E-state index in [1.807, 2.05) is 18.7 Å². The smallest absolute Gasteiger partial charge is 0.229 e. The number of aryl methyl sites for hydroxylation is 1. The van der Waals surface area contributed by atoms with E-state index in [4.69, 9.17) is 9.26 Å². The fraction of sp³-hybridized carbons (Fsp3) is 0.786. The molecule has 1 saturated heterocycles. The van der Waals surface area contributed by atoms with E-state index in [9.17, 15) is 4.79 Å². The van der Waals surface area contributed by atoms with Crippen LogP contribution in [0.3, 0.4) is 0 Å². The molecule has 1 aliphatic carbocycles. The maximum atomic E-state index is 12.5. The first-order chi connectivity index (χ1) is 9.74. The molecule has 0 bridgehead atoms. The summed E-state index contributed by atoms with van der Waals surface area (Å²) in [6.45, 7) is 5.40. The minimum Gasteiger partial charge on any atom is -0.378 e. The lowest BCUT2D eigenvalue weighted by Gasteiger charge is -2.22. The third-order valence-electron chi connectivity index (χ3n) is 4.05. The van der Waals surface area contributed by atoms with Gasteiger partial charge < -0.3 is 14.2 Å². The molecule has 1 saturated carbocycles. The average molecular weight is 279 g/mol. The zero-order valence-electron chi connectivity index (χ0n) is 12.0. The number of carbonyl (C=O) groups excluding carboxylic acids is 1. The molecule has 1 aromatic heterocycles. The zero-order chi connectivity index (χ0) is 14.1. The van der Waals surface area contributed by atoms with E-state index < -0.39 is 0 Å². The number of nitrogens with zero attached hydrogens (tertiary/aromatic N) is 3. The van der Waals surface area contributed by atoms with Crippen molar-refractivity contribution in [3.8, 4) is 0 Å². The van der Waals surface area contributed by atoms with Gasteiger partial charge in [0.05, 0.1) is 18.1 Å². The van der Waals surface area contributed by atoms with Gasteiger partial charge in [0, 0.05) is 19.6 Å². The van der Waals surface area contributed by atoms with E-state index in [0.717, 1.165) is 32.2 Å². The van der Waals surface area contributed by atoms with Crippen molar-refractivity contribution in [3.05, 3.63) is 11.7 Å². The maximum Gasteiger partial charge on any atom is 0.229 e. The monoisotopic (exact) mass is 279 g/mol. The van der Waals surface area contributed by atoms with E-state index in [2.05, 4.69) is 10.1 Å². The molecule has 1 aromatic rings. The average Bonchev–Trinajstić information content (AvgIpc) is 2.91. The first-order valence-corrected chi connectivity index (χ1v) is 7.49. The summed E-state index contributed by atoms with van der Waals surface area (Å²) in [4.78, 5) is 18.8. The zero-order valence-corrected chi connectivity index (χ0v) is 12.0. The van der Waals surface area contributed by atoms with Gasteiger partial charge in [-0.25, -0.2) is 0 Å². The maximum absolute atomic E-state index is 12.5. The molecule has 6 nitrogen and oxygen atoms in total. The van der Waals surface area contributed by atoms with Crippen LogP contribution in [0, 0.1) is 5.92 Å². The molecular weight excluding hydrogens is 258 g/mol. The lowest BCUT2D eigenvalue weighted by Crippen LogP contribution is -2.33. The predicted molar refractivity (Wildman–Crippen MR) is 70.9 cm³/mol. The van der Waals surface area contributed by atoms with E-state index in [1.165, 1.54) is 0 Å². The van der Waals surface area contributed by atoms with Crippen molar-refractivity contribution in [2.45, 2.75) is 51.7 Å². The molecule has 1 amide bonds. The van der Waals surface area contributed by atoms with Crippen molar-refractivity contribution in [2.75, 3.05) is 13.2 Å². The predicted octanol–water partition coefficient (Wildman–Crippen LogP) is 1.72. The Labute approximate surface area is 118 Å². The summed E-state index contributed by atoms with van der Waals surface area (Å²) in [5, 5.41) is 4.03. The molecule has 2 aliphatic rings. The Morgan fingerprint density at radius 2 is 2.35 bits per heavy atom. The van der Waals surface area contributed by atoms with Gasteiger partial charge in [-0.1, -0.05) is 12.1 Å². The number of aromatic nitrogens is 2. The van der Waals surface area contributed by atoms with Crippen molar-refractivity contribution >= 4 is 5.91 Å². The fourth-order valence-corrected chi connectivity index (χ4v) is 2.89. The SMILES string of the molecule is CCO[C@@H]1C[C@@H]1C(=O)N1CCC[C@@H]1c1noc(CC)n1. The van der Waals surface area contributed by atoms with E-state index in [1.54, 1.807) is 0 Å². The highest BCUT2D eigenvalue weighted by Gasteiger charge is 2.48. The summed E-state index contributed by atoms with van der Waals surface area (Å²) in [6.07, 6.45) is 3.61. The molecule has 0 spiro atoms. The van der Waals surface area contributed by atoms with Crippen LogP contribution in [0.5, 0.6) is 0 Å². The largest absolute Gasteiger partial charge is 0.378 e. The third kappa shape index (κ3) is 2.44. The quantitative estimate of drug-likeness (QED) is 0.821. The second-order valence-corrected chi connectivity index (χ2v) is 5.43. The van der Waals surface area contributed by atoms with Crippen LogP contribution in [0.1, 0.15) is 50.9 Å². The minimum absolute atomic E-state index is 0.0190. The second kappa shape index (κ2) is 5.52. The van der Waals surface area contributed by atoms with Gasteiger partial charge in [0.15, 0.2) is 5.82 Å². The number of rotatable bonds is 5. The molecule has 0 unspecified atom stereocenters. The highest BCUT2D eigenvalue weighted by Crippen LogP contribution is 2.40. The molecule has 3 rings (SSSR count). The lowest BCUT2D eigenvalue weighted by molar-refractivity contribution is -0.134. The summed E-state index contributed by atoms with van der Waals surface area (Å²) >= 11 is 0. The molecule has 3 atom stereocenters. The van der Waals surface area contributed by atoms with Gasteiger partial charge in [0.1, 0.15) is 0 Å². The molecule has 2 fully saturated rings. The van der Waals surface area contributed by atoms with E-state index >= 15 is 0 Å². The second-order valence-electron chi connectivity index (χ2n) is 5.43. The highest BCUT2D eigenvalue weighted by atomic mass is 16.5. The molecule has 110 valence electrons. The molecule has 20 heavy (non-hydrogen) atoms. The van der Waals surface area contributed by atoms with Crippen LogP contribution in [0.4, 0.5) is 0 Å². The Kier molecular flexibility index (Phi) is 3.74. The summed E-state index contributed by atoms with van der Waals surface area (Å²) in [7, 11) is 0. The summed E-state index contributed by atoms with van der Waals surface area (Å²) in [5.74, 6) is 1.51. The van der Waals surface area contributed by atoms with Gasteiger partial charge in [0.25, 0.3) is 0 Å². The summed E-state index contributed by atoms with van der Waals surface area (Å²) < 4.78 is 10.7.